The van der Waals surface area contributed by atoms with Gasteiger partial charge in [0, 0.05) is 20.2 Å². The van der Waals surface area contributed by atoms with Crippen LogP contribution in [-0.2, 0) is 9.53 Å². The molecule has 2 fully saturated rings. The largest absolute Gasteiger partial charge is 0.378 e. The second kappa shape index (κ2) is 5.48. The topological polar surface area (TPSA) is 65.4 Å². The molecule has 1 aliphatic heterocycles. The molecule has 0 aromatic heterocycles. The molecule has 1 saturated heterocycles. The standard InChI is InChI=1S/C14H23N3O2/c1-17-8-6-13(11-15,7-9-17)16-12(18)10-14(19-2)4-3-5-14/h3-10H2,1-2H3,(H,16,18). The molecular weight excluding hydrogens is 242 g/mol. The molecule has 1 N–H and O–H groups in total. The molecule has 0 bridgehead atoms. The van der Waals surface area contributed by atoms with Gasteiger partial charge in [0.25, 0.3) is 0 Å². The average molecular weight is 265 g/mol. The molecule has 0 aromatic rings. The maximum atomic E-state index is 12.2. The van der Waals surface area contributed by atoms with Gasteiger partial charge in [-0.3, -0.25) is 4.79 Å². The number of hydrogen-bond acceptors (Lipinski definition) is 4. The van der Waals surface area contributed by atoms with Crippen LogP contribution in [0.3, 0.4) is 0 Å². The maximum Gasteiger partial charge on any atom is 0.224 e. The van der Waals surface area contributed by atoms with Crippen molar-refractivity contribution in [1.82, 2.24) is 10.2 Å². The molecule has 0 radical (unpaired) electrons. The van der Waals surface area contributed by atoms with Gasteiger partial charge in [-0.15, -0.1) is 0 Å². The smallest absolute Gasteiger partial charge is 0.224 e. The van der Waals surface area contributed by atoms with Crippen molar-refractivity contribution in [2.45, 2.75) is 49.7 Å². The molecule has 1 heterocycles. The Kier molecular flexibility index (Phi) is 4.12. The van der Waals surface area contributed by atoms with E-state index in [9.17, 15) is 10.1 Å². The van der Waals surface area contributed by atoms with E-state index in [2.05, 4.69) is 16.3 Å². The molecule has 106 valence electrons. The first kappa shape index (κ1) is 14.3. The van der Waals surface area contributed by atoms with E-state index < -0.39 is 5.54 Å². The van der Waals surface area contributed by atoms with E-state index in [4.69, 9.17) is 4.74 Å². The second-order valence-electron chi connectivity index (χ2n) is 5.96. The van der Waals surface area contributed by atoms with Gasteiger partial charge in [-0.1, -0.05) is 0 Å². The summed E-state index contributed by atoms with van der Waals surface area (Å²) in [4.78, 5) is 14.4. The first-order chi connectivity index (χ1) is 9.03. The van der Waals surface area contributed by atoms with Crippen molar-refractivity contribution in [3.63, 3.8) is 0 Å². The molecule has 2 aliphatic rings. The zero-order valence-corrected chi connectivity index (χ0v) is 11.9. The van der Waals surface area contributed by atoms with Gasteiger partial charge in [0.1, 0.15) is 5.54 Å². The highest BCUT2D eigenvalue weighted by Crippen LogP contribution is 2.38. The van der Waals surface area contributed by atoms with Gasteiger partial charge in [0.15, 0.2) is 0 Å². The van der Waals surface area contributed by atoms with E-state index in [1.54, 1.807) is 7.11 Å². The Morgan fingerprint density at radius 1 is 1.37 bits per heavy atom. The highest BCUT2D eigenvalue weighted by atomic mass is 16.5. The Morgan fingerprint density at radius 2 is 2.00 bits per heavy atom. The number of nitriles is 1. The highest BCUT2D eigenvalue weighted by molar-refractivity contribution is 5.78. The summed E-state index contributed by atoms with van der Waals surface area (Å²) in [5.74, 6) is -0.0485. The lowest BCUT2D eigenvalue weighted by Crippen LogP contribution is -2.55. The van der Waals surface area contributed by atoms with Crippen LogP contribution < -0.4 is 5.32 Å². The van der Waals surface area contributed by atoms with E-state index in [1.807, 2.05) is 7.05 Å². The number of hydrogen-bond donors (Lipinski definition) is 1. The van der Waals surface area contributed by atoms with Crippen molar-refractivity contribution in [1.29, 1.82) is 5.26 Å². The van der Waals surface area contributed by atoms with Crippen molar-refractivity contribution < 1.29 is 9.53 Å². The Hall–Kier alpha value is -1.12. The van der Waals surface area contributed by atoms with Crippen molar-refractivity contribution >= 4 is 5.91 Å². The number of ether oxygens (including phenoxy) is 1. The maximum absolute atomic E-state index is 12.2. The molecule has 1 aliphatic carbocycles. The van der Waals surface area contributed by atoms with E-state index in [1.165, 1.54) is 0 Å². The van der Waals surface area contributed by atoms with Crippen LogP contribution in [0.1, 0.15) is 38.5 Å². The number of carbonyl (C=O) groups excluding carboxylic acids is 1. The summed E-state index contributed by atoms with van der Waals surface area (Å²) in [6.07, 6.45) is 4.79. The average Bonchev–Trinajstić information content (AvgIpc) is 2.37. The van der Waals surface area contributed by atoms with Crippen molar-refractivity contribution in [3.8, 4) is 6.07 Å². The molecule has 5 heteroatoms. The third kappa shape index (κ3) is 3.07. The molecule has 1 saturated carbocycles. The van der Waals surface area contributed by atoms with Crippen LogP contribution in [0.5, 0.6) is 0 Å². The van der Waals surface area contributed by atoms with Crippen LogP contribution in [0, 0.1) is 11.3 Å². The molecule has 0 unspecified atom stereocenters. The van der Waals surface area contributed by atoms with Crippen LogP contribution in [-0.4, -0.2) is 49.2 Å². The predicted molar refractivity (Wildman–Crippen MR) is 71.4 cm³/mol. The molecule has 19 heavy (non-hydrogen) atoms. The summed E-state index contributed by atoms with van der Waals surface area (Å²) in [5.41, 5.74) is -0.950. The lowest BCUT2D eigenvalue weighted by atomic mass is 9.77. The van der Waals surface area contributed by atoms with Gasteiger partial charge in [-0.25, -0.2) is 0 Å². The second-order valence-corrected chi connectivity index (χ2v) is 5.96. The van der Waals surface area contributed by atoms with E-state index in [0.29, 0.717) is 19.3 Å². The number of amides is 1. The zero-order chi connectivity index (χ0) is 13.9. The van der Waals surface area contributed by atoms with Crippen LogP contribution >= 0.6 is 0 Å². The highest BCUT2D eigenvalue weighted by Gasteiger charge is 2.41. The zero-order valence-electron chi connectivity index (χ0n) is 11.9. The van der Waals surface area contributed by atoms with Crippen LogP contribution in [0.15, 0.2) is 0 Å². The van der Waals surface area contributed by atoms with Crippen molar-refractivity contribution in [3.05, 3.63) is 0 Å². The first-order valence-electron chi connectivity index (χ1n) is 6.99. The molecule has 2 rings (SSSR count). The summed E-state index contributed by atoms with van der Waals surface area (Å²) in [6, 6.07) is 2.31. The van der Waals surface area contributed by atoms with Gasteiger partial charge in [-0.05, 0) is 39.2 Å². The summed E-state index contributed by atoms with van der Waals surface area (Å²) >= 11 is 0. The molecule has 1 amide bonds. The van der Waals surface area contributed by atoms with E-state index >= 15 is 0 Å². The third-order valence-corrected chi connectivity index (χ3v) is 4.61. The van der Waals surface area contributed by atoms with Gasteiger partial charge in [0.2, 0.25) is 5.91 Å². The third-order valence-electron chi connectivity index (χ3n) is 4.61. The van der Waals surface area contributed by atoms with E-state index in [-0.39, 0.29) is 11.5 Å². The van der Waals surface area contributed by atoms with Crippen LogP contribution in [0.2, 0.25) is 0 Å². The van der Waals surface area contributed by atoms with Gasteiger partial charge in [0.05, 0.1) is 18.1 Å². The van der Waals surface area contributed by atoms with Gasteiger partial charge >= 0.3 is 0 Å². The fourth-order valence-electron chi connectivity index (χ4n) is 2.89. The Morgan fingerprint density at radius 3 is 2.42 bits per heavy atom. The minimum Gasteiger partial charge on any atom is -0.378 e. The van der Waals surface area contributed by atoms with Crippen molar-refractivity contribution in [2.24, 2.45) is 0 Å². The summed E-state index contributed by atoms with van der Waals surface area (Å²) in [7, 11) is 3.71. The molecule has 0 aromatic carbocycles. The number of carbonyl (C=O) groups is 1. The van der Waals surface area contributed by atoms with Crippen molar-refractivity contribution in [2.75, 3.05) is 27.2 Å². The summed E-state index contributed by atoms with van der Waals surface area (Å²) in [5, 5.41) is 12.3. The Labute approximate surface area is 114 Å². The first-order valence-corrected chi connectivity index (χ1v) is 6.99. The normalized spacial score (nSPS) is 25.1. The molecule has 0 atom stereocenters. The van der Waals surface area contributed by atoms with Gasteiger partial charge < -0.3 is 15.0 Å². The molecule has 0 spiro atoms. The number of nitrogens with zero attached hydrogens (tertiary/aromatic N) is 2. The quantitative estimate of drug-likeness (QED) is 0.825. The lowest BCUT2D eigenvalue weighted by molar-refractivity contribution is -0.135. The summed E-state index contributed by atoms with van der Waals surface area (Å²) in [6.45, 7) is 1.70. The predicted octanol–water partition coefficient (Wildman–Crippen LogP) is 1.05. The fraction of sp³-hybridized carbons (Fsp3) is 0.857. The van der Waals surface area contributed by atoms with E-state index in [0.717, 1.165) is 32.4 Å². The van der Waals surface area contributed by atoms with Gasteiger partial charge in [-0.2, -0.15) is 5.26 Å². The SMILES string of the molecule is COC1(CC(=O)NC2(C#N)CCN(C)CC2)CCC1. The number of nitrogens with one attached hydrogen (secondary N) is 1. The lowest BCUT2D eigenvalue weighted by Gasteiger charge is -2.41. The number of likely N-dealkylation sites (tertiary alicyclic amines) is 1. The minimum absolute atomic E-state index is 0.0485. The molecule has 5 nitrogen and oxygen atoms in total. The minimum atomic E-state index is -0.678. The monoisotopic (exact) mass is 265 g/mol. The van der Waals surface area contributed by atoms with Crippen LogP contribution in [0.25, 0.3) is 0 Å². The fourth-order valence-corrected chi connectivity index (χ4v) is 2.89. The number of methoxy groups -OCH3 is 1. The Balaban J connectivity index is 1.92. The Bertz CT molecular complexity index is 371. The number of piperidine rings is 1. The summed E-state index contributed by atoms with van der Waals surface area (Å²) < 4.78 is 5.47. The van der Waals surface area contributed by atoms with Crippen LogP contribution in [0.4, 0.5) is 0 Å². The number of rotatable bonds is 4. The molecular formula is C14H23N3O2.